The topological polar surface area (TPSA) is 44.5 Å². The molecule has 0 amide bonds. The Labute approximate surface area is 70.6 Å². The van der Waals surface area contributed by atoms with Gasteiger partial charge < -0.3 is 15.2 Å². The van der Waals surface area contributed by atoms with Crippen molar-refractivity contribution in [1.82, 2.24) is 0 Å². The highest BCUT2D eigenvalue weighted by Gasteiger charge is 2.31. The van der Waals surface area contributed by atoms with Crippen LogP contribution in [-0.4, -0.2) is 20.1 Å². The summed E-state index contributed by atoms with van der Waals surface area (Å²) < 4.78 is 23.0. The highest BCUT2D eigenvalue weighted by Crippen LogP contribution is 2.29. The van der Waals surface area contributed by atoms with E-state index in [-0.39, 0.29) is 6.42 Å². The van der Waals surface area contributed by atoms with Crippen molar-refractivity contribution in [2.24, 2.45) is 5.73 Å². The lowest BCUT2D eigenvalue weighted by Crippen LogP contribution is -2.27. The minimum Gasteiger partial charge on any atom is -0.499 e. The molecule has 0 saturated heterocycles. The molecule has 0 saturated carbocycles. The van der Waals surface area contributed by atoms with E-state index in [0.29, 0.717) is 11.5 Å². The SMILES string of the molecule is COC1=C(N)C=CC(F)(OC)C1. The monoisotopic (exact) mass is 173 g/mol. The van der Waals surface area contributed by atoms with E-state index < -0.39 is 5.85 Å². The minimum absolute atomic E-state index is 0.0301. The summed E-state index contributed by atoms with van der Waals surface area (Å²) in [7, 11) is 2.76. The lowest BCUT2D eigenvalue weighted by Gasteiger charge is -2.24. The molecule has 68 valence electrons. The molecule has 1 aliphatic carbocycles. The average Bonchev–Trinajstić information content (AvgIpc) is 2.10. The van der Waals surface area contributed by atoms with Crippen LogP contribution in [-0.2, 0) is 9.47 Å². The summed E-state index contributed by atoms with van der Waals surface area (Å²) in [4.78, 5) is 0. The van der Waals surface area contributed by atoms with Crippen LogP contribution in [0.15, 0.2) is 23.6 Å². The number of ether oxygens (including phenoxy) is 2. The Morgan fingerprint density at radius 1 is 1.58 bits per heavy atom. The molecule has 1 rings (SSSR count). The van der Waals surface area contributed by atoms with Crippen molar-refractivity contribution in [1.29, 1.82) is 0 Å². The number of alkyl halides is 1. The normalized spacial score (nSPS) is 29.2. The zero-order chi connectivity index (χ0) is 9.19. The number of nitrogens with two attached hydrogens (primary N) is 1. The van der Waals surface area contributed by atoms with Gasteiger partial charge in [-0.25, -0.2) is 4.39 Å². The van der Waals surface area contributed by atoms with Gasteiger partial charge in [-0.3, -0.25) is 0 Å². The van der Waals surface area contributed by atoms with Gasteiger partial charge in [0, 0.05) is 7.11 Å². The number of halogens is 1. The van der Waals surface area contributed by atoms with E-state index in [0.717, 1.165) is 0 Å². The van der Waals surface area contributed by atoms with Crippen molar-refractivity contribution in [3.63, 3.8) is 0 Å². The molecular formula is C8H12FNO2. The van der Waals surface area contributed by atoms with Gasteiger partial charge in [0.2, 0.25) is 5.85 Å². The van der Waals surface area contributed by atoms with Crippen LogP contribution in [0.5, 0.6) is 0 Å². The first-order chi connectivity index (χ1) is 5.61. The molecular weight excluding hydrogens is 161 g/mol. The third-order valence-electron chi connectivity index (χ3n) is 1.82. The number of allylic oxidation sites excluding steroid dienone is 1. The van der Waals surface area contributed by atoms with Gasteiger partial charge in [-0.1, -0.05) is 0 Å². The molecule has 0 bridgehead atoms. The standard InChI is InChI=1S/C8H12FNO2/c1-11-7-5-8(9,12-2)4-3-6(7)10/h3-4H,5,10H2,1-2H3. The second-order valence-corrected chi connectivity index (χ2v) is 2.58. The Kier molecular flexibility index (Phi) is 2.38. The maximum absolute atomic E-state index is 13.4. The first kappa shape index (κ1) is 9.06. The molecule has 4 heteroatoms. The Hall–Kier alpha value is -1.03. The summed E-state index contributed by atoms with van der Waals surface area (Å²) in [5.41, 5.74) is 5.96. The molecule has 1 aliphatic rings. The molecule has 0 spiro atoms. The second kappa shape index (κ2) is 3.15. The van der Waals surface area contributed by atoms with Crippen molar-refractivity contribution in [3.05, 3.63) is 23.6 Å². The summed E-state index contributed by atoms with van der Waals surface area (Å²) in [5.74, 6) is -1.35. The van der Waals surface area contributed by atoms with Crippen LogP contribution in [0.1, 0.15) is 6.42 Å². The molecule has 1 atom stereocenters. The van der Waals surface area contributed by atoms with Crippen LogP contribution < -0.4 is 5.73 Å². The predicted molar refractivity (Wildman–Crippen MR) is 42.8 cm³/mol. The second-order valence-electron chi connectivity index (χ2n) is 2.58. The fraction of sp³-hybridized carbons (Fsp3) is 0.500. The highest BCUT2D eigenvalue weighted by molar-refractivity contribution is 5.27. The number of hydrogen-bond acceptors (Lipinski definition) is 3. The van der Waals surface area contributed by atoms with E-state index in [1.54, 1.807) is 0 Å². The third kappa shape index (κ3) is 1.58. The summed E-state index contributed by atoms with van der Waals surface area (Å²) in [6.45, 7) is 0. The Balaban J connectivity index is 2.83. The fourth-order valence-corrected chi connectivity index (χ4v) is 1.02. The molecule has 2 N–H and O–H groups in total. The molecule has 0 heterocycles. The lowest BCUT2D eigenvalue weighted by atomic mass is 10.1. The van der Waals surface area contributed by atoms with Crippen molar-refractivity contribution in [2.75, 3.05) is 14.2 Å². The molecule has 0 radical (unpaired) electrons. The third-order valence-corrected chi connectivity index (χ3v) is 1.82. The van der Waals surface area contributed by atoms with Crippen LogP contribution in [0, 0.1) is 0 Å². The zero-order valence-corrected chi connectivity index (χ0v) is 7.13. The van der Waals surface area contributed by atoms with Gasteiger partial charge in [-0.05, 0) is 12.2 Å². The molecule has 3 nitrogen and oxygen atoms in total. The summed E-state index contributed by atoms with van der Waals surface area (Å²) >= 11 is 0. The van der Waals surface area contributed by atoms with Gasteiger partial charge in [-0.2, -0.15) is 0 Å². The van der Waals surface area contributed by atoms with E-state index in [1.807, 2.05) is 0 Å². The first-order valence-corrected chi connectivity index (χ1v) is 3.57. The van der Waals surface area contributed by atoms with Crippen molar-refractivity contribution < 1.29 is 13.9 Å². The van der Waals surface area contributed by atoms with E-state index >= 15 is 0 Å². The lowest BCUT2D eigenvalue weighted by molar-refractivity contribution is -0.0863. The quantitative estimate of drug-likeness (QED) is 0.679. The van der Waals surface area contributed by atoms with Gasteiger partial charge in [0.1, 0.15) is 5.76 Å². The number of hydrogen-bond donors (Lipinski definition) is 1. The Bertz CT molecular complexity index is 237. The highest BCUT2D eigenvalue weighted by atomic mass is 19.2. The van der Waals surface area contributed by atoms with Crippen LogP contribution in [0.3, 0.4) is 0 Å². The Morgan fingerprint density at radius 3 is 2.75 bits per heavy atom. The van der Waals surface area contributed by atoms with E-state index in [4.69, 9.17) is 10.5 Å². The molecule has 12 heavy (non-hydrogen) atoms. The van der Waals surface area contributed by atoms with Crippen LogP contribution >= 0.6 is 0 Å². The van der Waals surface area contributed by atoms with Crippen molar-refractivity contribution in [2.45, 2.75) is 12.3 Å². The average molecular weight is 173 g/mol. The molecule has 0 aliphatic heterocycles. The fourth-order valence-electron chi connectivity index (χ4n) is 1.02. The molecule has 0 aromatic carbocycles. The van der Waals surface area contributed by atoms with E-state index in [2.05, 4.69) is 4.74 Å². The van der Waals surface area contributed by atoms with E-state index in [1.165, 1.54) is 26.4 Å². The molecule has 1 unspecified atom stereocenters. The largest absolute Gasteiger partial charge is 0.499 e. The minimum atomic E-state index is -1.77. The maximum atomic E-state index is 13.4. The zero-order valence-electron chi connectivity index (χ0n) is 7.13. The molecule has 0 fully saturated rings. The smallest absolute Gasteiger partial charge is 0.235 e. The van der Waals surface area contributed by atoms with Crippen LogP contribution in [0.2, 0.25) is 0 Å². The summed E-state index contributed by atoms with van der Waals surface area (Å²) in [5, 5.41) is 0. The van der Waals surface area contributed by atoms with Gasteiger partial charge in [0.25, 0.3) is 0 Å². The maximum Gasteiger partial charge on any atom is 0.235 e. The van der Waals surface area contributed by atoms with Crippen molar-refractivity contribution in [3.8, 4) is 0 Å². The van der Waals surface area contributed by atoms with Gasteiger partial charge in [0.05, 0.1) is 19.2 Å². The van der Waals surface area contributed by atoms with Crippen LogP contribution in [0.4, 0.5) is 4.39 Å². The van der Waals surface area contributed by atoms with Gasteiger partial charge >= 0.3 is 0 Å². The Morgan fingerprint density at radius 2 is 2.25 bits per heavy atom. The van der Waals surface area contributed by atoms with Crippen molar-refractivity contribution >= 4 is 0 Å². The van der Waals surface area contributed by atoms with Gasteiger partial charge in [-0.15, -0.1) is 0 Å². The van der Waals surface area contributed by atoms with E-state index in [9.17, 15) is 4.39 Å². The van der Waals surface area contributed by atoms with Gasteiger partial charge in [0.15, 0.2) is 0 Å². The number of methoxy groups -OCH3 is 2. The predicted octanol–water partition coefficient (Wildman–Crippen LogP) is 1.08. The summed E-state index contributed by atoms with van der Waals surface area (Å²) in [6.07, 6.45) is 2.76. The van der Waals surface area contributed by atoms with Crippen LogP contribution in [0.25, 0.3) is 0 Å². The molecule has 0 aromatic rings. The molecule has 0 aromatic heterocycles. The number of rotatable bonds is 2. The first-order valence-electron chi connectivity index (χ1n) is 3.57. The summed E-state index contributed by atoms with van der Waals surface area (Å²) in [6, 6.07) is 0.